The van der Waals surface area contributed by atoms with Gasteiger partial charge < -0.3 is 10.1 Å². The van der Waals surface area contributed by atoms with Crippen LogP contribution < -0.4 is 10.1 Å². The summed E-state index contributed by atoms with van der Waals surface area (Å²) < 4.78 is 7.34. The maximum atomic E-state index is 12.9. The van der Waals surface area contributed by atoms with E-state index in [-0.39, 0.29) is 11.2 Å². The predicted octanol–water partition coefficient (Wildman–Crippen LogP) is 6.12. The molecule has 0 saturated heterocycles. The van der Waals surface area contributed by atoms with Crippen molar-refractivity contribution in [2.45, 2.75) is 24.3 Å². The number of ether oxygens (including phenoxy) is 1. The summed E-state index contributed by atoms with van der Waals surface area (Å²) >= 11 is 7.74. The van der Waals surface area contributed by atoms with Gasteiger partial charge in [0.25, 0.3) is 0 Å². The number of para-hydroxylation sites is 2. The average molecular weight is 452 g/mol. The van der Waals surface area contributed by atoms with Crippen molar-refractivity contribution in [3.63, 3.8) is 0 Å². The van der Waals surface area contributed by atoms with E-state index in [1.807, 2.05) is 74.5 Å². The van der Waals surface area contributed by atoms with Crippen LogP contribution in [0.15, 0.2) is 71.9 Å². The first kappa shape index (κ1) is 21.3. The van der Waals surface area contributed by atoms with Gasteiger partial charge in [-0.1, -0.05) is 47.6 Å². The molecule has 4 aromatic rings. The largest absolute Gasteiger partial charge is 0.497 e. The lowest BCUT2D eigenvalue weighted by atomic mass is 10.2. The van der Waals surface area contributed by atoms with E-state index in [0.717, 1.165) is 33.2 Å². The lowest BCUT2D eigenvalue weighted by Gasteiger charge is -2.15. The van der Waals surface area contributed by atoms with E-state index in [4.69, 9.17) is 21.3 Å². The molecule has 4 rings (SSSR count). The first-order chi connectivity index (χ1) is 15.0. The van der Waals surface area contributed by atoms with Gasteiger partial charge in [0.1, 0.15) is 5.75 Å². The third-order valence-corrected chi connectivity index (χ3v) is 6.52. The Morgan fingerprint density at radius 3 is 2.58 bits per heavy atom. The molecule has 0 saturated carbocycles. The number of hydrogen-bond acceptors (Lipinski definition) is 4. The summed E-state index contributed by atoms with van der Waals surface area (Å²) in [4.78, 5) is 17.7. The standard InChI is InChI=1S/C24H22ClN3O2S/c1-15-7-6-9-20(22(15)25)26-23(29)16(2)31-24-27-19-8-4-5-10-21(19)28(24)17-11-13-18(30-3)14-12-17/h4-14,16H,1-3H3,(H,26,29)/t16-/m0/s1. The Bertz CT molecular complexity index is 1240. The van der Waals surface area contributed by atoms with Crippen LogP contribution in [0.5, 0.6) is 5.75 Å². The molecule has 7 heteroatoms. The molecule has 1 heterocycles. The van der Waals surface area contributed by atoms with Gasteiger partial charge in [-0.05, 0) is 61.9 Å². The Hall–Kier alpha value is -2.96. The quantitative estimate of drug-likeness (QED) is 0.359. The van der Waals surface area contributed by atoms with E-state index in [1.54, 1.807) is 13.2 Å². The number of amides is 1. The van der Waals surface area contributed by atoms with E-state index in [2.05, 4.69) is 9.88 Å². The Kier molecular flexibility index (Phi) is 6.20. The topological polar surface area (TPSA) is 56.1 Å². The molecule has 1 N–H and O–H groups in total. The fraction of sp³-hybridized carbons (Fsp3) is 0.167. The SMILES string of the molecule is COc1ccc(-n2c(S[C@@H](C)C(=O)Nc3cccc(C)c3Cl)nc3ccccc32)cc1. The van der Waals surface area contributed by atoms with Crippen molar-refractivity contribution in [2.75, 3.05) is 12.4 Å². The highest BCUT2D eigenvalue weighted by molar-refractivity contribution is 8.00. The van der Waals surface area contributed by atoms with E-state index >= 15 is 0 Å². The van der Waals surface area contributed by atoms with Crippen LogP contribution in [0, 0.1) is 6.92 Å². The Morgan fingerprint density at radius 2 is 1.84 bits per heavy atom. The second-order valence-corrected chi connectivity index (χ2v) is 8.79. The second kappa shape index (κ2) is 9.04. The molecular formula is C24H22ClN3O2S. The van der Waals surface area contributed by atoms with Crippen molar-refractivity contribution in [2.24, 2.45) is 0 Å². The van der Waals surface area contributed by atoms with Gasteiger partial charge in [0.05, 0.1) is 34.1 Å². The fourth-order valence-electron chi connectivity index (χ4n) is 3.25. The van der Waals surface area contributed by atoms with Crippen molar-refractivity contribution in [1.29, 1.82) is 0 Å². The van der Waals surface area contributed by atoms with Crippen molar-refractivity contribution in [1.82, 2.24) is 9.55 Å². The summed E-state index contributed by atoms with van der Waals surface area (Å²) in [5.41, 5.74) is 4.33. The van der Waals surface area contributed by atoms with Gasteiger partial charge in [-0.3, -0.25) is 9.36 Å². The third-order valence-electron chi connectivity index (χ3n) is 4.96. The number of halogens is 1. The number of benzene rings is 3. The lowest BCUT2D eigenvalue weighted by Crippen LogP contribution is -2.23. The third kappa shape index (κ3) is 4.40. The molecule has 31 heavy (non-hydrogen) atoms. The fourth-order valence-corrected chi connectivity index (χ4v) is 4.37. The molecule has 0 spiro atoms. The molecule has 1 atom stereocenters. The van der Waals surface area contributed by atoms with E-state index in [0.29, 0.717) is 10.7 Å². The van der Waals surface area contributed by atoms with Crippen molar-refractivity contribution < 1.29 is 9.53 Å². The van der Waals surface area contributed by atoms with Gasteiger partial charge in [0.15, 0.2) is 5.16 Å². The molecule has 1 amide bonds. The number of aromatic nitrogens is 2. The van der Waals surface area contributed by atoms with E-state index in [9.17, 15) is 4.79 Å². The maximum absolute atomic E-state index is 12.9. The Morgan fingerprint density at radius 1 is 1.10 bits per heavy atom. The van der Waals surface area contributed by atoms with Gasteiger partial charge >= 0.3 is 0 Å². The van der Waals surface area contributed by atoms with Gasteiger partial charge in [-0.15, -0.1) is 0 Å². The number of nitrogens with one attached hydrogen (secondary N) is 1. The zero-order valence-corrected chi connectivity index (χ0v) is 19.0. The number of aryl methyl sites for hydroxylation is 1. The molecule has 1 aromatic heterocycles. The molecule has 0 bridgehead atoms. The Balaban J connectivity index is 1.64. The minimum Gasteiger partial charge on any atom is -0.497 e. The highest BCUT2D eigenvalue weighted by Gasteiger charge is 2.21. The monoisotopic (exact) mass is 451 g/mol. The van der Waals surface area contributed by atoms with Crippen molar-refractivity contribution in [3.05, 3.63) is 77.3 Å². The van der Waals surface area contributed by atoms with Gasteiger partial charge in [0, 0.05) is 5.69 Å². The normalized spacial score (nSPS) is 12.0. The summed E-state index contributed by atoms with van der Waals surface area (Å²) in [6.45, 7) is 3.77. The summed E-state index contributed by atoms with van der Waals surface area (Å²) in [7, 11) is 1.64. The summed E-state index contributed by atoms with van der Waals surface area (Å²) in [6.07, 6.45) is 0. The lowest BCUT2D eigenvalue weighted by molar-refractivity contribution is -0.115. The van der Waals surface area contributed by atoms with Crippen LogP contribution in [0.3, 0.4) is 0 Å². The molecule has 0 aliphatic heterocycles. The molecule has 158 valence electrons. The molecule has 0 fully saturated rings. The molecular weight excluding hydrogens is 430 g/mol. The predicted molar refractivity (Wildman–Crippen MR) is 128 cm³/mol. The van der Waals surface area contributed by atoms with Gasteiger partial charge in [-0.25, -0.2) is 4.98 Å². The van der Waals surface area contributed by atoms with Crippen LogP contribution in [0.25, 0.3) is 16.7 Å². The molecule has 0 radical (unpaired) electrons. The molecule has 0 aliphatic carbocycles. The van der Waals surface area contributed by atoms with Crippen molar-refractivity contribution in [3.8, 4) is 11.4 Å². The summed E-state index contributed by atoms with van der Waals surface area (Å²) in [6, 6.07) is 21.3. The number of hydrogen-bond donors (Lipinski definition) is 1. The number of fused-ring (bicyclic) bond motifs is 1. The number of thioether (sulfide) groups is 1. The maximum Gasteiger partial charge on any atom is 0.237 e. The van der Waals surface area contributed by atoms with Crippen LogP contribution in [0.2, 0.25) is 5.02 Å². The molecule has 5 nitrogen and oxygen atoms in total. The first-order valence-corrected chi connectivity index (χ1v) is 11.1. The minimum atomic E-state index is -0.384. The van der Waals surface area contributed by atoms with Crippen LogP contribution in [0.1, 0.15) is 12.5 Å². The van der Waals surface area contributed by atoms with Crippen molar-refractivity contribution >= 4 is 46.0 Å². The summed E-state index contributed by atoms with van der Waals surface area (Å²) in [5.74, 6) is 0.649. The van der Waals surface area contributed by atoms with Gasteiger partial charge in [0.2, 0.25) is 5.91 Å². The number of carbonyl (C=O) groups is 1. The average Bonchev–Trinajstić information content (AvgIpc) is 3.14. The zero-order chi connectivity index (χ0) is 22.0. The number of methoxy groups -OCH3 is 1. The first-order valence-electron chi connectivity index (χ1n) is 9.82. The number of carbonyl (C=O) groups excluding carboxylic acids is 1. The van der Waals surface area contributed by atoms with E-state index < -0.39 is 0 Å². The highest BCUT2D eigenvalue weighted by Crippen LogP contribution is 2.32. The summed E-state index contributed by atoms with van der Waals surface area (Å²) in [5, 5.41) is 3.84. The second-order valence-electron chi connectivity index (χ2n) is 7.10. The Labute approximate surface area is 190 Å². The zero-order valence-electron chi connectivity index (χ0n) is 17.4. The van der Waals surface area contributed by atoms with E-state index in [1.165, 1.54) is 11.8 Å². The number of rotatable bonds is 6. The molecule has 0 unspecified atom stereocenters. The van der Waals surface area contributed by atoms with Crippen LogP contribution in [-0.2, 0) is 4.79 Å². The number of anilines is 1. The van der Waals surface area contributed by atoms with Gasteiger partial charge in [-0.2, -0.15) is 0 Å². The molecule has 0 aliphatic rings. The minimum absolute atomic E-state index is 0.133. The molecule has 3 aromatic carbocycles. The van der Waals surface area contributed by atoms with Crippen LogP contribution >= 0.6 is 23.4 Å². The van der Waals surface area contributed by atoms with Crippen LogP contribution in [-0.4, -0.2) is 27.8 Å². The van der Waals surface area contributed by atoms with Crippen LogP contribution in [0.4, 0.5) is 5.69 Å². The smallest absolute Gasteiger partial charge is 0.237 e. The highest BCUT2D eigenvalue weighted by atomic mass is 35.5. The number of imidazole rings is 1. The number of nitrogens with zero attached hydrogens (tertiary/aromatic N) is 2.